The summed E-state index contributed by atoms with van der Waals surface area (Å²) in [6.07, 6.45) is 3.45. The van der Waals surface area contributed by atoms with Crippen molar-refractivity contribution in [3.05, 3.63) is 35.9 Å². The fourth-order valence-corrected chi connectivity index (χ4v) is 2.10. The molecule has 19 heavy (non-hydrogen) atoms. The van der Waals surface area contributed by atoms with Crippen LogP contribution in [0, 0.1) is 0 Å². The van der Waals surface area contributed by atoms with Crippen LogP contribution in [0.1, 0.15) is 5.56 Å². The van der Waals surface area contributed by atoms with Gasteiger partial charge in [-0.2, -0.15) is 0 Å². The smallest absolute Gasteiger partial charge is 0.246 e. The van der Waals surface area contributed by atoms with Crippen LogP contribution in [0.3, 0.4) is 0 Å². The lowest BCUT2D eigenvalue weighted by atomic mass is 10.2. The van der Waals surface area contributed by atoms with Crippen molar-refractivity contribution >= 4 is 12.0 Å². The summed E-state index contributed by atoms with van der Waals surface area (Å²) in [6.45, 7) is 3.47. The van der Waals surface area contributed by atoms with Crippen LogP contribution in [0.2, 0.25) is 0 Å². The lowest BCUT2D eigenvalue weighted by Crippen LogP contribution is -2.46. The predicted octanol–water partition coefficient (Wildman–Crippen LogP) is 1.48. The SMILES string of the molecule is COc1ccccc1/C=C/C(=O)N1CCN(C)CC1. The monoisotopic (exact) mass is 260 g/mol. The van der Waals surface area contributed by atoms with E-state index < -0.39 is 0 Å². The van der Waals surface area contributed by atoms with Crippen molar-refractivity contribution in [2.75, 3.05) is 40.3 Å². The normalized spacial score (nSPS) is 16.8. The topological polar surface area (TPSA) is 32.8 Å². The molecular weight excluding hydrogens is 240 g/mol. The molecule has 1 amide bonds. The van der Waals surface area contributed by atoms with E-state index >= 15 is 0 Å². The number of piperazine rings is 1. The summed E-state index contributed by atoms with van der Waals surface area (Å²) in [5, 5.41) is 0. The number of hydrogen-bond acceptors (Lipinski definition) is 3. The maximum atomic E-state index is 12.1. The Bertz CT molecular complexity index is 463. The predicted molar refractivity (Wildman–Crippen MR) is 76.1 cm³/mol. The molecule has 1 aromatic rings. The maximum absolute atomic E-state index is 12.1. The summed E-state index contributed by atoms with van der Waals surface area (Å²) in [5.41, 5.74) is 0.924. The molecule has 0 aliphatic carbocycles. The number of carbonyl (C=O) groups is 1. The molecule has 1 saturated heterocycles. The number of benzene rings is 1. The van der Waals surface area contributed by atoms with Gasteiger partial charge in [0.25, 0.3) is 0 Å². The molecule has 0 unspecified atom stereocenters. The summed E-state index contributed by atoms with van der Waals surface area (Å²) in [5.74, 6) is 0.851. The minimum absolute atomic E-state index is 0.0685. The van der Waals surface area contributed by atoms with Crippen LogP contribution in [-0.2, 0) is 4.79 Å². The van der Waals surface area contributed by atoms with E-state index in [4.69, 9.17) is 4.74 Å². The molecule has 4 nitrogen and oxygen atoms in total. The van der Waals surface area contributed by atoms with Gasteiger partial charge in [0.2, 0.25) is 5.91 Å². The Morgan fingerprint density at radius 3 is 2.58 bits per heavy atom. The highest BCUT2D eigenvalue weighted by atomic mass is 16.5. The number of amides is 1. The Morgan fingerprint density at radius 2 is 1.89 bits per heavy atom. The number of methoxy groups -OCH3 is 1. The first-order chi connectivity index (χ1) is 9.20. The van der Waals surface area contributed by atoms with Crippen LogP contribution < -0.4 is 4.74 Å². The van der Waals surface area contributed by atoms with Gasteiger partial charge in [-0.1, -0.05) is 18.2 Å². The van der Waals surface area contributed by atoms with Crippen molar-refractivity contribution in [3.8, 4) is 5.75 Å². The van der Waals surface area contributed by atoms with Crippen molar-refractivity contribution in [1.82, 2.24) is 9.80 Å². The number of para-hydroxylation sites is 1. The molecule has 0 aromatic heterocycles. The number of nitrogens with zero attached hydrogens (tertiary/aromatic N) is 2. The first-order valence-electron chi connectivity index (χ1n) is 6.49. The molecule has 4 heteroatoms. The number of rotatable bonds is 3. The Hall–Kier alpha value is -1.81. The fraction of sp³-hybridized carbons (Fsp3) is 0.400. The van der Waals surface area contributed by atoms with E-state index in [1.54, 1.807) is 13.2 Å². The van der Waals surface area contributed by atoms with Crippen LogP contribution in [0.5, 0.6) is 5.75 Å². The Morgan fingerprint density at radius 1 is 1.21 bits per heavy atom. The van der Waals surface area contributed by atoms with Gasteiger partial charge in [-0.05, 0) is 19.2 Å². The molecule has 0 saturated carbocycles. The molecular formula is C15H20N2O2. The molecule has 0 N–H and O–H groups in total. The van der Waals surface area contributed by atoms with Crippen LogP contribution in [0.15, 0.2) is 30.3 Å². The Balaban J connectivity index is 2.00. The highest BCUT2D eigenvalue weighted by Gasteiger charge is 2.16. The Labute approximate surface area is 114 Å². The molecule has 1 aromatic carbocycles. The van der Waals surface area contributed by atoms with Crippen LogP contribution >= 0.6 is 0 Å². The molecule has 0 bridgehead atoms. The molecule has 1 fully saturated rings. The van der Waals surface area contributed by atoms with Gasteiger partial charge in [0.15, 0.2) is 0 Å². The van der Waals surface area contributed by atoms with E-state index in [1.807, 2.05) is 35.2 Å². The van der Waals surface area contributed by atoms with Crippen LogP contribution in [0.25, 0.3) is 6.08 Å². The van der Waals surface area contributed by atoms with E-state index in [1.165, 1.54) is 0 Å². The highest BCUT2D eigenvalue weighted by molar-refractivity contribution is 5.92. The van der Waals surface area contributed by atoms with Gasteiger partial charge in [-0.25, -0.2) is 0 Å². The van der Waals surface area contributed by atoms with E-state index in [0.29, 0.717) is 0 Å². The zero-order valence-corrected chi connectivity index (χ0v) is 11.5. The van der Waals surface area contributed by atoms with Gasteiger partial charge in [0, 0.05) is 37.8 Å². The third-order valence-electron chi connectivity index (χ3n) is 3.36. The zero-order chi connectivity index (χ0) is 13.7. The molecule has 102 valence electrons. The third kappa shape index (κ3) is 3.58. The summed E-state index contributed by atoms with van der Waals surface area (Å²) < 4.78 is 5.25. The number of ether oxygens (including phenoxy) is 1. The Kier molecular flexibility index (Phi) is 4.58. The maximum Gasteiger partial charge on any atom is 0.246 e. The summed E-state index contributed by atoms with van der Waals surface area (Å²) in [7, 11) is 3.71. The van der Waals surface area contributed by atoms with Gasteiger partial charge < -0.3 is 14.5 Å². The minimum Gasteiger partial charge on any atom is -0.496 e. The van der Waals surface area contributed by atoms with Gasteiger partial charge in [0.05, 0.1) is 7.11 Å². The molecule has 1 heterocycles. The van der Waals surface area contributed by atoms with Gasteiger partial charge in [0.1, 0.15) is 5.75 Å². The lowest BCUT2D eigenvalue weighted by Gasteiger charge is -2.31. The van der Waals surface area contributed by atoms with Gasteiger partial charge in [-0.15, -0.1) is 0 Å². The molecule has 0 atom stereocenters. The van der Waals surface area contributed by atoms with E-state index in [9.17, 15) is 4.79 Å². The molecule has 0 radical (unpaired) electrons. The lowest BCUT2D eigenvalue weighted by molar-refractivity contribution is -0.127. The van der Waals surface area contributed by atoms with Gasteiger partial charge >= 0.3 is 0 Å². The van der Waals surface area contributed by atoms with Gasteiger partial charge in [-0.3, -0.25) is 4.79 Å². The summed E-state index contributed by atoms with van der Waals surface area (Å²) in [4.78, 5) is 16.2. The molecule has 2 rings (SSSR count). The summed E-state index contributed by atoms with van der Waals surface area (Å²) >= 11 is 0. The summed E-state index contributed by atoms with van der Waals surface area (Å²) in [6, 6.07) is 7.67. The second-order valence-corrected chi connectivity index (χ2v) is 4.70. The second-order valence-electron chi connectivity index (χ2n) is 4.70. The minimum atomic E-state index is 0.0685. The molecule has 1 aliphatic heterocycles. The first kappa shape index (κ1) is 13.6. The number of hydrogen-bond donors (Lipinski definition) is 0. The molecule has 1 aliphatic rings. The fourth-order valence-electron chi connectivity index (χ4n) is 2.10. The average Bonchev–Trinajstić information content (AvgIpc) is 2.45. The largest absolute Gasteiger partial charge is 0.496 e. The van der Waals surface area contributed by atoms with Crippen molar-refractivity contribution in [3.63, 3.8) is 0 Å². The van der Waals surface area contributed by atoms with Crippen LogP contribution in [0.4, 0.5) is 0 Å². The van der Waals surface area contributed by atoms with Crippen molar-refractivity contribution in [1.29, 1.82) is 0 Å². The van der Waals surface area contributed by atoms with Crippen molar-refractivity contribution in [2.45, 2.75) is 0 Å². The first-order valence-corrected chi connectivity index (χ1v) is 6.49. The van der Waals surface area contributed by atoms with Crippen LogP contribution in [-0.4, -0.2) is 56.0 Å². The quantitative estimate of drug-likeness (QED) is 0.772. The van der Waals surface area contributed by atoms with E-state index in [0.717, 1.165) is 37.5 Å². The average molecular weight is 260 g/mol. The van der Waals surface area contributed by atoms with Crippen molar-refractivity contribution in [2.24, 2.45) is 0 Å². The zero-order valence-electron chi connectivity index (χ0n) is 11.5. The second kappa shape index (κ2) is 6.38. The number of likely N-dealkylation sites (N-methyl/N-ethyl adjacent to an activating group) is 1. The van der Waals surface area contributed by atoms with E-state index in [2.05, 4.69) is 11.9 Å². The number of carbonyl (C=O) groups excluding carboxylic acids is 1. The third-order valence-corrected chi connectivity index (χ3v) is 3.36. The molecule has 0 spiro atoms. The standard InChI is InChI=1S/C15H20N2O2/c1-16-9-11-17(12-10-16)15(18)8-7-13-5-3-4-6-14(13)19-2/h3-8H,9-12H2,1-2H3/b8-7+. The van der Waals surface area contributed by atoms with E-state index in [-0.39, 0.29) is 5.91 Å². The van der Waals surface area contributed by atoms with Crippen molar-refractivity contribution < 1.29 is 9.53 Å². The highest BCUT2D eigenvalue weighted by Crippen LogP contribution is 2.18.